The minimum Gasteiger partial charge on any atom is -0.457 e. The summed E-state index contributed by atoms with van der Waals surface area (Å²) in [6.07, 6.45) is 7.32. The minimum atomic E-state index is -4.52. The Labute approximate surface area is 321 Å². The van der Waals surface area contributed by atoms with Crippen molar-refractivity contribution in [1.29, 1.82) is 0 Å². The number of carbonyl (C=O) groups excluding carboxylic acids is 2. The van der Waals surface area contributed by atoms with Gasteiger partial charge in [-0.05, 0) is 95.3 Å². The molecule has 1 aliphatic rings. The summed E-state index contributed by atoms with van der Waals surface area (Å²) in [7, 11) is -4.52. The third-order valence-corrected chi connectivity index (χ3v) is 11.5. The fourth-order valence-electron chi connectivity index (χ4n) is 6.78. The maximum atomic E-state index is 15.1. The molecule has 53 heavy (non-hydrogen) atoms. The number of hydrogen-bond donors (Lipinski definition) is 2. The first-order chi connectivity index (χ1) is 24.8. The lowest BCUT2D eigenvalue weighted by Gasteiger charge is -2.42. The second-order valence-corrected chi connectivity index (χ2v) is 16.9. The van der Waals surface area contributed by atoms with E-state index in [0.29, 0.717) is 34.0 Å². The number of esters is 1. The number of aryl methyl sites for hydroxylation is 2. The number of ether oxygens (including phenoxy) is 1. The van der Waals surface area contributed by atoms with Crippen LogP contribution in [0.25, 0.3) is 28.1 Å². The molecule has 2 heterocycles. The van der Waals surface area contributed by atoms with Gasteiger partial charge in [0.05, 0.1) is 31.6 Å². The smallest absolute Gasteiger partial charge is 0.331 e. The second kappa shape index (κ2) is 14.1. The van der Waals surface area contributed by atoms with Gasteiger partial charge in [0.2, 0.25) is 10.0 Å². The van der Waals surface area contributed by atoms with Crippen molar-refractivity contribution in [2.24, 2.45) is 0 Å². The number of para-hydroxylation sites is 1. The standard InChI is InChI=1S/C38H35Cl3N4O7S/c1-21-9-6-12-29(34(21)45(48)49)53(50,51)43-38(15-8-16-38)35-33(25(19-42-35)32-26(40)17-24(39)18-27(32)41)36(47)44-20-22(2)31-23(10-7-11-28(31)44)13-14-30(46)52-37(3,4)5/h6-7,9-14,17-20,42-43H,8,15-16H2,1-5H3/b14-13+. The highest BCUT2D eigenvalue weighted by molar-refractivity contribution is 7.89. The van der Waals surface area contributed by atoms with Gasteiger partial charge in [-0.15, -0.1) is 0 Å². The Bertz CT molecular complexity index is 2450. The molecule has 0 unspecified atom stereocenters. The number of nitrogens with one attached hydrogen (secondary N) is 2. The molecule has 276 valence electrons. The molecule has 0 amide bonds. The number of nitrogens with zero attached hydrogens (tertiary/aromatic N) is 2. The average molecular weight is 798 g/mol. The SMILES string of the molecule is Cc1cccc(S(=O)(=O)NC2(c3[nH]cc(-c4c(Cl)cc(Cl)cc4Cl)c3C(=O)n3cc(C)c4c(/C=C/C(=O)OC(C)(C)C)cccc43)CCC2)c1[N+](=O)[O-]. The lowest BCUT2D eigenvalue weighted by molar-refractivity contribution is -0.388. The van der Waals surface area contributed by atoms with Gasteiger partial charge in [-0.1, -0.05) is 59.1 Å². The van der Waals surface area contributed by atoms with Gasteiger partial charge in [-0.25, -0.2) is 13.2 Å². The molecule has 0 bridgehead atoms. The molecule has 2 N–H and O–H groups in total. The lowest BCUT2D eigenvalue weighted by atomic mass is 9.73. The molecule has 0 spiro atoms. The molecular weight excluding hydrogens is 763 g/mol. The van der Waals surface area contributed by atoms with Crippen LogP contribution in [-0.4, -0.2) is 40.4 Å². The van der Waals surface area contributed by atoms with Crippen molar-refractivity contribution in [1.82, 2.24) is 14.3 Å². The van der Waals surface area contributed by atoms with Gasteiger partial charge in [-0.2, -0.15) is 4.72 Å². The highest BCUT2D eigenvalue weighted by Gasteiger charge is 2.48. The number of nitro benzene ring substituents is 1. The number of rotatable bonds is 9. The van der Waals surface area contributed by atoms with Gasteiger partial charge in [-0.3, -0.25) is 19.5 Å². The van der Waals surface area contributed by atoms with Crippen LogP contribution in [0.1, 0.15) is 72.8 Å². The molecule has 6 rings (SSSR count). The number of halogens is 3. The van der Waals surface area contributed by atoms with Gasteiger partial charge in [0, 0.05) is 51.3 Å². The summed E-state index contributed by atoms with van der Waals surface area (Å²) < 4.78 is 37.7. The van der Waals surface area contributed by atoms with Crippen LogP contribution in [0, 0.1) is 24.0 Å². The van der Waals surface area contributed by atoms with Crippen LogP contribution >= 0.6 is 34.8 Å². The zero-order valence-electron chi connectivity index (χ0n) is 29.3. The molecule has 3 aromatic carbocycles. The zero-order valence-corrected chi connectivity index (χ0v) is 32.4. The summed E-state index contributed by atoms with van der Waals surface area (Å²) in [5.74, 6) is -1.05. The van der Waals surface area contributed by atoms with Gasteiger partial charge in [0.1, 0.15) is 5.60 Å². The van der Waals surface area contributed by atoms with Crippen molar-refractivity contribution in [2.45, 2.75) is 69.9 Å². The van der Waals surface area contributed by atoms with Crippen LogP contribution in [0.4, 0.5) is 5.69 Å². The van der Waals surface area contributed by atoms with Crippen molar-refractivity contribution in [2.75, 3.05) is 0 Å². The van der Waals surface area contributed by atoms with E-state index in [1.54, 1.807) is 51.4 Å². The summed E-state index contributed by atoms with van der Waals surface area (Å²) in [6, 6.07) is 12.4. The van der Waals surface area contributed by atoms with Crippen LogP contribution in [-0.2, 0) is 25.1 Å². The summed E-state index contributed by atoms with van der Waals surface area (Å²) in [5.41, 5.74) is 0.436. The van der Waals surface area contributed by atoms with E-state index in [-0.39, 0.29) is 44.7 Å². The molecule has 1 fully saturated rings. The molecule has 1 aliphatic carbocycles. The fourth-order valence-corrected chi connectivity index (χ4v) is 9.48. The Kier molecular flexibility index (Phi) is 10.2. The average Bonchev–Trinajstić information content (AvgIpc) is 3.62. The zero-order chi connectivity index (χ0) is 38.6. The first-order valence-electron chi connectivity index (χ1n) is 16.5. The molecule has 15 heteroatoms. The Morgan fingerprint density at radius 1 is 1.04 bits per heavy atom. The van der Waals surface area contributed by atoms with Crippen LogP contribution in [0.2, 0.25) is 15.1 Å². The summed E-state index contributed by atoms with van der Waals surface area (Å²) >= 11 is 19.7. The molecule has 11 nitrogen and oxygen atoms in total. The van der Waals surface area contributed by atoms with Gasteiger partial charge < -0.3 is 9.72 Å². The largest absolute Gasteiger partial charge is 0.457 e. The maximum Gasteiger partial charge on any atom is 0.331 e. The number of sulfonamides is 1. The number of H-pyrrole nitrogens is 1. The number of hydrogen-bond acceptors (Lipinski definition) is 7. The first kappa shape index (κ1) is 38.3. The van der Waals surface area contributed by atoms with Crippen LogP contribution < -0.4 is 4.72 Å². The Hall–Kier alpha value is -4.46. The topological polar surface area (TPSA) is 153 Å². The van der Waals surface area contributed by atoms with Crippen molar-refractivity contribution >= 4 is 79.4 Å². The van der Waals surface area contributed by atoms with E-state index in [0.717, 1.165) is 5.56 Å². The van der Waals surface area contributed by atoms with E-state index in [2.05, 4.69) is 9.71 Å². The number of aromatic nitrogens is 2. The van der Waals surface area contributed by atoms with Crippen LogP contribution in [0.5, 0.6) is 0 Å². The van der Waals surface area contributed by atoms with Crippen LogP contribution in [0.3, 0.4) is 0 Å². The first-order valence-corrected chi connectivity index (χ1v) is 19.2. The number of aromatic amines is 1. The Balaban J connectivity index is 1.53. The molecule has 0 saturated heterocycles. The molecule has 2 aromatic heterocycles. The van der Waals surface area contributed by atoms with Gasteiger partial charge in [0.25, 0.3) is 11.6 Å². The van der Waals surface area contributed by atoms with E-state index >= 15 is 4.79 Å². The molecular formula is C38H35Cl3N4O7S. The Morgan fingerprint density at radius 2 is 1.70 bits per heavy atom. The van der Waals surface area contributed by atoms with Crippen molar-refractivity contribution in [3.63, 3.8) is 0 Å². The number of nitro groups is 1. The third kappa shape index (κ3) is 7.26. The predicted octanol–water partition coefficient (Wildman–Crippen LogP) is 9.52. The molecule has 0 atom stereocenters. The number of fused-ring (bicyclic) bond motifs is 1. The van der Waals surface area contributed by atoms with Crippen molar-refractivity contribution in [3.8, 4) is 11.1 Å². The summed E-state index contributed by atoms with van der Waals surface area (Å²) in [5, 5.41) is 13.3. The number of benzene rings is 3. The van der Waals surface area contributed by atoms with E-state index in [4.69, 9.17) is 39.5 Å². The van der Waals surface area contributed by atoms with Crippen molar-refractivity contribution < 1.29 is 27.7 Å². The van der Waals surface area contributed by atoms with E-state index < -0.39 is 48.5 Å². The van der Waals surface area contributed by atoms with Gasteiger partial charge >= 0.3 is 5.97 Å². The highest BCUT2D eigenvalue weighted by atomic mass is 35.5. The molecule has 0 radical (unpaired) electrons. The van der Waals surface area contributed by atoms with E-state index in [1.165, 1.54) is 47.9 Å². The quantitative estimate of drug-likeness (QED) is 0.0652. The van der Waals surface area contributed by atoms with Crippen LogP contribution in [0.15, 0.2) is 71.9 Å². The molecule has 5 aromatic rings. The van der Waals surface area contributed by atoms with Gasteiger partial charge in [0.15, 0.2) is 4.90 Å². The highest BCUT2D eigenvalue weighted by Crippen LogP contribution is 2.48. The molecule has 0 aliphatic heterocycles. The minimum absolute atomic E-state index is 0.0869. The van der Waals surface area contributed by atoms with Crippen molar-refractivity contribution in [3.05, 3.63) is 120 Å². The molecule has 1 saturated carbocycles. The normalized spacial score (nSPS) is 14.4. The second-order valence-electron chi connectivity index (χ2n) is 14.0. The Morgan fingerprint density at radius 3 is 2.30 bits per heavy atom. The lowest BCUT2D eigenvalue weighted by Crippen LogP contribution is -2.51. The monoisotopic (exact) mass is 796 g/mol. The fraction of sp³-hybridized carbons (Fsp3) is 0.263. The number of carbonyl (C=O) groups is 2. The predicted molar refractivity (Wildman–Crippen MR) is 206 cm³/mol. The summed E-state index contributed by atoms with van der Waals surface area (Å²) in [4.78, 5) is 41.5. The van der Waals surface area contributed by atoms with E-state index in [9.17, 15) is 23.3 Å². The van der Waals surface area contributed by atoms with E-state index in [1.807, 2.05) is 13.0 Å². The maximum absolute atomic E-state index is 15.1. The third-order valence-electron chi connectivity index (χ3n) is 9.13. The summed E-state index contributed by atoms with van der Waals surface area (Å²) in [6.45, 7) is 8.61.